The number of hydrogen-bond donors (Lipinski definition) is 0. The van der Waals surface area contributed by atoms with Crippen molar-refractivity contribution in [1.82, 2.24) is 4.90 Å². The van der Waals surface area contributed by atoms with Gasteiger partial charge in [-0.15, -0.1) is 0 Å². The number of rotatable bonds is 3. The van der Waals surface area contributed by atoms with Crippen molar-refractivity contribution in [2.75, 3.05) is 14.1 Å². The molecule has 0 atom stereocenters. The van der Waals surface area contributed by atoms with E-state index in [0.717, 1.165) is 11.3 Å². The third-order valence-corrected chi connectivity index (χ3v) is 3.23. The van der Waals surface area contributed by atoms with Crippen LogP contribution in [0, 0.1) is 6.92 Å². The van der Waals surface area contributed by atoms with Crippen LogP contribution in [0.3, 0.4) is 0 Å². The first-order valence-electron chi connectivity index (χ1n) is 4.56. The fraction of sp³-hybridized carbons (Fsp3) is 0.300. The van der Waals surface area contributed by atoms with Crippen molar-refractivity contribution in [3.8, 4) is 0 Å². The van der Waals surface area contributed by atoms with Gasteiger partial charge in [-0.25, -0.2) is 13.4 Å². The molecule has 16 heavy (non-hydrogen) atoms. The summed E-state index contributed by atoms with van der Waals surface area (Å²) >= 11 is 0. The van der Waals surface area contributed by atoms with Crippen LogP contribution in [-0.2, 0) is 9.05 Å². The Balaban J connectivity index is 3.11. The largest absolute Gasteiger partial charge is 0.369 e. The van der Waals surface area contributed by atoms with Gasteiger partial charge in [0.2, 0.25) is 0 Å². The van der Waals surface area contributed by atoms with Crippen LogP contribution in [0.5, 0.6) is 0 Å². The Morgan fingerprint density at radius 3 is 2.44 bits per heavy atom. The third kappa shape index (κ3) is 3.50. The van der Waals surface area contributed by atoms with Crippen LogP contribution in [0.25, 0.3) is 0 Å². The summed E-state index contributed by atoms with van der Waals surface area (Å²) in [7, 11) is 5.29. The van der Waals surface area contributed by atoms with E-state index >= 15 is 0 Å². The number of benzene rings is 1. The van der Waals surface area contributed by atoms with Gasteiger partial charge in [0.1, 0.15) is 0 Å². The molecule has 4 nitrogen and oxygen atoms in total. The zero-order valence-corrected chi connectivity index (χ0v) is 10.9. The van der Waals surface area contributed by atoms with E-state index in [1.165, 1.54) is 12.1 Å². The second-order valence-corrected chi connectivity index (χ2v) is 6.16. The van der Waals surface area contributed by atoms with E-state index in [-0.39, 0.29) is 4.90 Å². The van der Waals surface area contributed by atoms with E-state index in [1.54, 1.807) is 24.2 Å². The van der Waals surface area contributed by atoms with Crippen molar-refractivity contribution in [2.24, 2.45) is 4.99 Å². The summed E-state index contributed by atoms with van der Waals surface area (Å²) in [5.41, 5.74) is 1.48. The molecule has 0 radical (unpaired) electrons. The van der Waals surface area contributed by atoms with Crippen LogP contribution in [0.4, 0.5) is 5.69 Å². The molecular formula is C10H13ClN2O2S. The van der Waals surface area contributed by atoms with Gasteiger partial charge in [-0.3, -0.25) is 0 Å². The van der Waals surface area contributed by atoms with Crippen molar-refractivity contribution in [2.45, 2.75) is 11.8 Å². The minimum absolute atomic E-state index is 0.0930. The standard InChI is InChI=1S/C10H13ClN2O2S/c1-8-6-9(16(11,14)15)4-5-10(8)12-7-13(2)3/h4-7H,1-3H3. The smallest absolute Gasteiger partial charge is 0.261 e. The Morgan fingerprint density at radius 2 is 2.00 bits per heavy atom. The molecule has 0 fully saturated rings. The van der Waals surface area contributed by atoms with E-state index < -0.39 is 9.05 Å². The Labute approximate surface area is 100.0 Å². The lowest BCUT2D eigenvalue weighted by molar-refractivity contribution is 0.609. The molecule has 1 aromatic rings. The van der Waals surface area contributed by atoms with Crippen LogP contribution < -0.4 is 0 Å². The maximum absolute atomic E-state index is 11.1. The molecule has 0 unspecified atom stereocenters. The summed E-state index contributed by atoms with van der Waals surface area (Å²) in [5.74, 6) is 0. The molecule has 0 spiro atoms. The van der Waals surface area contributed by atoms with Gasteiger partial charge >= 0.3 is 0 Å². The van der Waals surface area contributed by atoms with Gasteiger partial charge in [-0.1, -0.05) is 0 Å². The fourth-order valence-corrected chi connectivity index (χ4v) is 1.94. The number of nitrogens with zero attached hydrogens (tertiary/aromatic N) is 2. The molecule has 0 aliphatic carbocycles. The lowest BCUT2D eigenvalue weighted by Crippen LogP contribution is -2.07. The van der Waals surface area contributed by atoms with Crippen molar-refractivity contribution >= 4 is 31.8 Å². The first kappa shape index (κ1) is 13.0. The number of aliphatic imine (C=N–C) groups is 1. The molecule has 0 aromatic heterocycles. The predicted molar refractivity (Wildman–Crippen MR) is 66.1 cm³/mol. The topological polar surface area (TPSA) is 49.7 Å². The van der Waals surface area contributed by atoms with Crippen LogP contribution in [0.1, 0.15) is 5.56 Å². The van der Waals surface area contributed by atoms with Gasteiger partial charge in [-0.05, 0) is 30.7 Å². The Kier molecular flexibility index (Phi) is 3.93. The van der Waals surface area contributed by atoms with E-state index in [4.69, 9.17) is 10.7 Å². The lowest BCUT2D eigenvalue weighted by Gasteiger charge is -2.05. The molecule has 1 rings (SSSR count). The molecule has 0 heterocycles. The summed E-state index contributed by atoms with van der Waals surface area (Å²) in [6, 6.07) is 4.58. The SMILES string of the molecule is Cc1cc(S(=O)(=O)Cl)ccc1N=CN(C)C. The molecule has 0 aliphatic rings. The molecule has 88 valence electrons. The van der Waals surface area contributed by atoms with Crippen molar-refractivity contribution in [3.63, 3.8) is 0 Å². The molecule has 0 bridgehead atoms. The summed E-state index contributed by atoms with van der Waals surface area (Å²) in [4.78, 5) is 6.08. The molecule has 0 saturated carbocycles. The number of aryl methyl sites for hydroxylation is 1. The highest BCUT2D eigenvalue weighted by Crippen LogP contribution is 2.23. The molecule has 0 aliphatic heterocycles. The number of halogens is 1. The van der Waals surface area contributed by atoms with Crippen LogP contribution in [-0.4, -0.2) is 33.8 Å². The summed E-state index contributed by atoms with van der Waals surface area (Å²) in [6.45, 7) is 1.79. The molecule has 0 saturated heterocycles. The van der Waals surface area contributed by atoms with Crippen LogP contribution in [0.15, 0.2) is 28.1 Å². The minimum Gasteiger partial charge on any atom is -0.369 e. The first-order chi connectivity index (χ1) is 7.30. The third-order valence-electron chi connectivity index (χ3n) is 1.88. The van der Waals surface area contributed by atoms with E-state index in [9.17, 15) is 8.42 Å². The molecule has 0 N–H and O–H groups in total. The second kappa shape index (κ2) is 4.84. The average Bonchev–Trinajstić information content (AvgIpc) is 2.14. The molecule has 6 heteroatoms. The summed E-state index contributed by atoms with van der Waals surface area (Å²) in [6.07, 6.45) is 1.65. The zero-order chi connectivity index (χ0) is 12.3. The van der Waals surface area contributed by atoms with Crippen molar-refractivity contribution < 1.29 is 8.42 Å². The molecule has 0 amide bonds. The predicted octanol–water partition coefficient (Wildman–Crippen LogP) is 2.14. The summed E-state index contributed by atoms with van der Waals surface area (Å²) < 4.78 is 22.2. The maximum atomic E-state index is 11.1. The highest BCUT2D eigenvalue weighted by molar-refractivity contribution is 8.13. The summed E-state index contributed by atoms with van der Waals surface area (Å²) in [5, 5.41) is 0. The van der Waals surface area contributed by atoms with Crippen molar-refractivity contribution in [3.05, 3.63) is 23.8 Å². The molecule has 1 aromatic carbocycles. The Bertz CT molecular complexity index is 510. The molecular weight excluding hydrogens is 248 g/mol. The van der Waals surface area contributed by atoms with Gasteiger partial charge in [0, 0.05) is 24.8 Å². The number of hydrogen-bond acceptors (Lipinski definition) is 3. The van der Waals surface area contributed by atoms with Crippen LogP contribution >= 0.6 is 10.7 Å². The Hall–Kier alpha value is -1.07. The lowest BCUT2D eigenvalue weighted by atomic mass is 10.2. The maximum Gasteiger partial charge on any atom is 0.261 e. The first-order valence-corrected chi connectivity index (χ1v) is 6.87. The van der Waals surface area contributed by atoms with Gasteiger partial charge in [0.15, 0.2) is 0 Å². The van der Waals surface area contributed by atoms with E-state index in [1.807, 2.05) is 14.1 Å². The average molecular weight is 261 g/mol. The van der Waals surface area contributed by atoms with E-state index in [0.29, 0.717) is 0 Å². The fourth-order valence-electron chi connectivity index (χ4n) is 1.10. The minimum atomic E-state index is -3.66. The quantitative estimate of drug-likeness (QED) is 0.475. The van der Waals surface area contributed by atoms with Gasteiger partial charge in [0.05, 0.1) is 16.9 Å². The highest BCUT2D eigenvalue weighted by Gasteiger charge is 2.10. The second-order valence-electron chi connectivity index (χ2n) is 3.59. The van der Waals surface area contributed by atoms with Gasteiger partial charge < -0.3 is 4.90 Å². The zero-order valence-electron chi connectivity index (χ0n) is 9.31. The van der Waals surface area contributed by atoms with Crippen LogP contribution in [0.2, 0.25) is 0 Å². The monoisotopic (exact) mass is 260 g/mol. The van der Waals surface area contributed by atoms with Gasteiger partial charge in [0.25, 0.3) is 9.05 Å². The normalized spacial score (nSPS) is 12.0. The van der Waals surface area contributed by atoms with Gasteiger partial charge in [-0.2, -0.15) is 0 Å². The Morgan fingerprint density at radius 1 is 1.38 bits per heavy atom. The van der Waals surface area contributed by atoms with Crippen molar-refractivity contribution in [1.29, 1.82) is 0 Å². The van der Waals surface area contributed by atoms with E-state index in [2.05, 4.69) is 4.99 Å². The highest BCUT2D eigenvalue weighted by atomic mass is 35.7.